The van der Waals surface area contributed by atoms with Gasteiger partial charge in [0.25, 0.3) is 0 Å². The van der Waals surface area contributed by atoms with E-state index in [1.54, 1.807) is 0 Å². The first-order valence-corrected chi connectivity index (χ1v) is 6.14. The Labute approximate surface area is 124 Å². The van der Waals surface area contributed by atoms with E-state index < -0.39 is 0 Å². The van der Waals surface area contributed by atoms with Crippen molar-refractivity contribution in [3.63, 3.8) is 0 Å². The van der Waals surface area contributed by atoms with Crippen LogP contribution >= 0.6 is 0 Å². The van der Waals surface area contributed by atoms with Gasteiger partial charge in [0.05, 0.1) is 0 Å². The Balaban J connectivity index is 0.00000162. The number of rotatable bonds is 3. The van der Waals surface area contributed by atoms with E-state index in [-0.39, 0.29) is 21.1 Å². The van der Waals surface area contributed by atoms with E-state index in [9.17, 15) is 0 Å². The van der Waals surface area contributed by atoms with Gasteiger partial charge in [-0.1, -0.05) is 67.6 Å². The van der Waals surface area contributed by atoms with Gasteiger partial charge in [-0.25, -0.2) is 0 Å². The average Bonchev–Trinajstić information content (AvgIpc) is 2.38. The van der Waals surface area contributed by atoms with Crippen LogP contribution in [0.25, 0.3) is 5.57 Å². The van der Waals surface area contributed by atoms with E-state index in [4.69, 9.17) is 0 Å². The van der Waals surface area contributed by atoms with Crippen LogP contribution in [0.1, 0.15) is 30.0 Å². The van der Waals surface area contributed by atoms with Gasteiger partial charge in [-0.3, -0.25) is 0 Å². The first-order valence-electron chi connectivity index (χ1n) is 6.14. The van der Waals surface area contributed by atoms with Crippen LogP contribution in [0, 0.1) is 6.92 Å². The Morgan fingerprint density at radius 3 is 2.17 bits per heavy atom. The predicted octanol–water partition coefficient (Wildman–Crippen LogP) is 4.83. The number of hydrogen-bond donors (Lipinski definition) is 0. The minimum absolute atomic E-state index is 0. The summed E-state index contributed by atoms with van der Waals surface area (Å²) in [7, 11) is 0. The van der Waals surface area contributed by atoms with Crippen molar-refractivity contribution in [3.8, 4) is 0 Å². The van der Waals surface area contributed by atoms with Gasteiger partial charge in [0.1, 0.15) is 0 Å². The quantitative estimate of drug-likeness (QED) is 0.685. The third kappa shape index (κ3) is 3.43. The van der Waals surface area contributed by atoms with Crippen LogP contribution < -0.4 is 0 Å². The van der Waals surface area contributed by atoms with Crippen molar-refractivity contribution in [1.29, 1.82) is 0 Å². The van der Waals surface area contributed by atoms with Crippen LogP contribution in [0.5, 0.6) is 0 Å². The molecule has 2 rings (SSSR count). The van der Waals surface area contributed by atoms with Crippen molar-refractivity contribution in [2.75, 3.05) is 0 Å². The molecular weight excluding hydrogens is 388 g/mol. The Morgan fingerprint density at radius 1 is 0.944 bits per heavy atom. The fourth-order valence-corrected chi connectivity index (χ4v) is 2.08. The second-order valence-electron chi connectivity index (χ2n) is 4.21. The zero-order chi connectivity index (χ0) is 12.1. The fourth-order valence-electron chi connectivity index (χ4n) is 2.08. The van der Waals surface area contributed by atoms with E-state index in [1.807, 2.05) is 0 Å². The molecular formula is C17H18W. The van der Waals surface area contributed by atoms with E-state index in [0.29, 0.717) is 0 Å². The number of benzene rings is 2. The van der Waals surface area contributed by atoms with Gasteiger partial charge in [0.15, 0.2) is 0 Å². The molecule has 0 amide bonds. The molecule has 2 aromatic rings. The van der Waals surface area contributed by atoms with Crippen molar-refractivity contribution in [2.45, 2.75) is 20.3 Å². The molecule has 0 saturated heterocycles. The molecule has 92 valence electrons. The first kappa shape index (κ1) is 14.9. The number of hydrogen-bond acceptors (Lipinski definition) is 0. The monoisotopic (exact) mass is 406 g/mol. The van der Waals surface area contributed by atoms with Gasteiger partial charge in [-0.2, -0.15) is 0 Å². The van der Waals surface area contributed by atoms with Crippen molar-refractivity contribution >= 4 is 5.57 Å². The first-order chi connectivity index (χ1) is 8.33. The second-order valence-corrected chi connectivity index (χ2v) is 4.21. The maximum atomic E-state index is 2.30. The smallest absolute Gasteiger partial charge is 0 e. The van der Waals surface area contributed by atoms with Gasteiger partial charge in [0.2, 0.25) is 0 Å². The Kier molecular flexibility index (Phi) is 6.08. The van der Waals surface area contributed by atoms with Gasteiger partial charge < -0.3 is 0 Å². The SMILES string of the molecule is CCC=C(c1ccccc1)c1ccccc1C.[W]. The van der Waals surface area contributed by atoms with E-state index in [1.165, 1.54) is 22.3 Å². The molecule has 0 heterocycles. The average molecular weight is 406 g/mol. The predicted molar refractivity (Wildman–Crippen MR) is 75.0 cm³/mol. The molecule has 0 bridgehead atoms. The molecule has 0 saturated carbocycles. The standard InChI is InChI=1S/C17H18.W/c1-3-9-17(15-11-5-4-6-12-15)16-13-8-7-10-14(16)2;/h4-13H,3H2,1-2H3;. The van der Waals surface area contributed by atoms with Crippen molar-refractivity contribution < 1.29 is 21.1 Å². The Bertz CT molecular complexity index is 512. The molecule has 18 heavy (non-hydrogen) atoms. The Hall–Kier alpha value is -1.13. The molecule has 0 spiro atoms. The summed E-state index contributed by atoms with van der Waals surface area (Å²) in [5, 5.41) is 0. The maximum Gasteiger partial charge on any atom is 0 e. The summed E-state index contributed by atoms with van der Waals surface area (Å²) in [6, 6.07) is 19.2. The molecule has 2 aromatic carbocycles. The van der Waals surface area contributed by atoms with Crippen molar-refractivity contribution in [1.82, 2.24) is 0 Å². The third-order valence-corrected chi connectivity index (χ3v) is 2.93. The Morgan fingerprint density at radius 2 is 1.56 bits per heavy atom. The van der Waals surface area contributed by atoms with Gasteiger partial charge in [0, 0.05) is 21.1 Å². The molecule has 0 fully saturated rings. The topological polar surface area (TPSA) is 0 Å². The van der Waals surface area contributed by atoms with Crippen LogP contribution in [-0.4, -0.2) is 0 Å². The number of allylic oxidation sites excluding steroid dienone is 1. The van der Waals surface area contributed by atoms with Gasteiger partial charge >= 0.3 is 0 Å². The minimum atomic E-state index is 0. The van der Waals surface area contributed by atoms with Gasteiger partial charge in [-0.05, 0) is 35.6 Å². The molecule has 0 aromatic heterocycles. The van der Waals surface area contributed by atoms with Crippen molar-refractivity contribution in [3.05, 3.63) is 77.4 Å². The summed E-state index contributed by atoms with van der Waals surface area (Å²) in [6.45, 7) is 4.35. The van der Waals surface area contributed by atoms with E-state index >= 15 is 0 Å². The molecule has 0 atom stereocenters. The largest absolute Gasteiger partial charge is 0.0763 e. The zero-order valence-corrected chi connectivity index (χ0v) is 13.8. The molecule has 0 aliphatic carbocycles. The summed E-state index contributed by atoms with van der Waals surface area (Å²) in [5.74, 6) is 0. The molecule has 0 N–H and O–H groups in total. The maximum absolute atomic E-state index is 2.30. The third-order valence-electron chi connectivity index (χ3n) is 2.93. The summed E-state index contributed by atoms with van der Waals surface area (Å²) < 4.78 is 0. The normalized spacial score (nSPS) is 10.9. The molecule has 0 aliphatic rings. The van der Waals surface area contributed by atoms with E-state index in [0.717, 1.165) is 6.42 Å². The molecule has 0 radical (unpaired) electrons. The van der Waals surface area contributed by atoms with E-state index in [2.05, 4.69) is 74.5 Å². The van der Waals surface area contributed by atoms with Crippen molar-refractivity contribution in [2.24, 2.45) is 0 Å². The van der Waals surface area contributed by atoms with Crippen LogP contribution in [0.3, 0.4) is 0 Å². The second kappa shape index (κ2) is 7.34. The summed E-state index contributed by atoms with van der Waals surface area (Å²) >= 11 is 0. The van der Waals surface area contributed by atoms with Gasteiger partial charge in [-0.15, -0.1) is 0 Å². The molecule has 0 nitrogen and oxygen atoms in total. The van der Waals surface area contributed by atoms with Crippen LogP contribution in [-0.2, 0) is 21.1 Å². The van der Waals surface area contributed by atoms with Crippen LogP contribution in [0.15, 0.2) is 60.7 Å². The zero-order valence-electron chi connectivity index (χ0n) is 10.9. The van der Waals surface area contributed by atoms with Crippen LogP contribution in [0.2, 0.25) is 0 Å². The van der Waals surface area contributed by atoms with Crippen LogP contribution in [0.4, 0.5) is 0 Å². The minimum Gasteiger partial charge on any atom is -0.0763 e. The number of aryl methyl sites for hydroxylation is 1. The summed E-state index contributed by atoms with van der Waals surface area (Å²) in [4.78, 5) is 0. The molecule has 0 aliphatic heterocycles. The molecule has 0 unspecified atom stereocenters. The molecule has 1 heteroatoms. The summed E-state index contributed by atoms with van der Waals surface area (Å²) in [6.07, 6.45) is 3.36. The summed E-state index contributed by atoms with van der Waals surface area (Å²) in [5.41, 5.74) is 5.30. The fraction of sp³-hybridized carbons (Fsp3) is 0.176.